The minimum Gasteiger partial charge on any atom is -0.320 e. The van der Waals surface area contributed by atoms with Gasteiger partial charge in [0.1, 0.15) is 21.4 Å². The first-order valence-electron chi connectivity index (χ1n) is 9.80. The van der Waals surface area contributed by atoms with E-state index in [1.165, 1.54) is 34.7 Å². The van der Waals surface area contributed by atoms with Gasteiger partial charge in [-0.25, -0.2) is 9.97 Å². The monoisotopic (exact) mass is 442 g/mol. The number of amides is 1. The van der Waals surface area contributed by atoms with E-state index in [4.69, 9.17) is 0 Å². The van der Waals surface area contributed by atoms with Crippen molar-refractivity contribution in [1.82, 2.24) is 9.97 Å². The average molecular weight is 443 g/mol. The van der Waals surface area contributed by atoms with Crippen molar-refractivity contribution >= 4 is 50.6 Å². The van der Waals surface area contributed by atoms with Crippen LogP contribution in [0.4, 0.5) is 11.4 Å². The van der Waals surface area contributed by atoms with E-state index in [0.29, 0.717) is 5.82 Å². The maximum atomic E-state index is 12.6. The molecule has 0 unspecified atom stereocenters. The van der Waals surface area contributed by atoms with Crippen LogP contribution in [0.25, 0.3) is 10.2 Å². The number of thiophene rings is 1. The fourth-order valence-electron chi connectivity index (χ4n) is 3.70. The Balaban J connectivity index is 1.57. The quantitative estimate of drug-likeness (QED) is 0.254. The molecule has 0 spiro atoms. The normalized spacial score (nSPS) is 13.3. The Kier molecular flexibility index (Phi) is 5.75. The number of nitrogens with zero attached hydrogens (tertiary/aromatic N) is 3. The summed E-state index contributed by atoms with van der Waals surface area (Å²) in [6.45, 7) is 5.54. The Labute approximate surface area is 182 Å². The molecule has 156 valence electrons. The van der Waals surface area contributed by atoms with Gasteiger partial charge in [0.25, 0.3) is 5.69 Å². The fourth-order valence-corrected chi connectivity index (χ4v) is 5.97. The largest absolute Gasteiger partial charge is 0.320 e. The minimum absolute atomic E-state index is 0.0939. The highest BCUT2D eigenvalue weighted by molar-refractivity contribution is 8.00. The number of nitrogens with one attached hydrogen (secondary N) is 1. The summed E-state index contributed by atoms with van der Waals surface area (Å²) in [6, 6.07) is 3.14. The first kappa shape index (κ1) is 20.7. The highest BCUT2D eigenvalue weighted by Gasteiger charge is 2.22. The molecule has 2 heterocycles. The zero-order chi connectivity index (χ0) is 21.4. The number of fused-ring (bicyclic) bond motifs is 3. The summed E-state index contributed by atoms with van der Waals surface area (Å²) in [6.07, 6.45) is 4.46. The highest BCUT2D eigenvalue weighted by atomic mass is 32.2. The summed E-state index contributed by atoms with van der Waals surface area (Å²) < 4.78 is 0. The second kappa shape index (κ2) is 8.31. The number of thioether (sulfide) groups is 1. The number of benzene rings is 1. The van der Waals surface area contributed by atoms with Crippen LogP contribution >= 0.6 is 23.1 Å². The van der Waals surface area contributed by atoms with Crippen molar-refractivity contribution in [1.29, 1.82) is 0 Å². The van der Waals surface area contributed by atoms with E-state index in [9.17, 15) is 14.9 Å². The van der Waals surface area contributed by atoms with E-state index in [2.05, 4.69) is 15.3 Å². The molecule has 3 aromatic rings. The van der Waals surface area contributed by atoms with Gasteiger partial charge in [-0.3, -0.25) is 14.9 Å². The molecule has 0 bridgehead atoms. The van der Waals surface area contributed by atoms with E-state index in [1.807, 2.05) is 20.8 Å². The van der Waals surface area contributed by atoms with Gasteiger partial charge in [0.05, 0.1) is 10.7 Å². The number of anilines is 1. The molecule has 1 amide bonds. The number of rotatable bonds is 5. The molecule has 0 aliphatic heterocycles. The van der Waals surface area contributed by atoms with Gasteiger partial charge in [-0.05, 0) is 69.2 Å². The number of nitro benzene ring substituents is 1. The van der Waals surface area contributed by atoms with Crippen LogP contribution in [0.2, 0.25) is 0 Å². The molecule has 1 aliphatic rings. The Morgan fingerprint density at radius 1 is 1.20 bits per heavy atom. The Morgan fingerprint density at radius 3 is 2.70 bits per heavy atom. The number of hydrogen-bond donors (Lipinski definition) is 1. The number of carbonyl (C=O) groups is 1. The molecule has 9 heteroatoms. The van der Waals surface area contributed by atoms with Crippen molar-refractivity contribution in [3.8, 4) is 0 Å². The van der Waals surface area contributed by atoms with E-state index in [1.54, 1.807) is 17.4 Å². The van der Waals surface area contributed by atoms with Crippen molar-refractivity contribution in [3.63, 3.8) is 0 Å². The summed E-state index contributed by atoms with van der Waals surface area (Å²) >= 11 is 3.10. The third kappa shape index (κ3) is 4.04. The van der Waals surface area contributed by atoms with Gasteiger partial charge < -0.3 is 5.32 Å². The lowest BCUT2D eigenvalue weighted by Gasteiger charge is -2.12. The van der Waals surface area contributed by atoms with Gasteiger partial charge >= 0.3 is 0 Å². The van der Waals surface area contributed by atoms with Gasteiger partial charge in [0.15, 0.2) is 0 Å². The van der Waals surface area contributed by atoms with Gasteiger partial charge in [-0.1, -0.05) is 11.8 Å². The van der Waals surface area contributed by atoms with Crippen LogP contribution in [0, 0.1) is 30.9 Å². The maximum Gasteiger partial charge on any atom is 0.293 e. The summed E-state index contributed by atoms with van der Waals surface area (Å²) in [5, 5.41) is 16.0. The van der Waals surface area contributed by atoms with Crippen molar-refractivity contribution in [2.45, 2.75) is 51.5 Å². The molecule has 0 fully saturated rings. The molecule has 2 aromatic heterocycles. The van der Waals surface area contributed by atoms with Gasteiger partial charge in [-0.2, -0.15) is 0 Å². The molecule has 30 heavy (non-hydrogen) atoms. The zero-order valence-electron chi connectivity index (χ0n) is 17.1. The predicted octanol–water partition coefficient (Wildman–Crippen LogP) is 5.13. The molecular weight excluding hydrogens is 420 g/mol. The zero-order valence-corrected chi connectivity index (χ0v) is 18.7. The van der Waals surface area contributed by atoms with Gasteiger partial charge in [0.2, 0.25) is 5.91 Å². The lowest BCUT2D eigenvalue weighted by molar-refractivity contribution is -0.384. The number of carbonyl (C=O) groups excluding carboxylic acids is 1. The molecule has 0 radical (unpaired) electrons. The number of aryl methyl sites for hydroxylation is 5. The van der Waals surface area contributed by atoms with E-state index in [0.717, 1.165) is 45.6 Å². The van der Waals surface area contributed by atoms with Crippen LogP contribution < -0.4 is 5.32 Å². The van der Waals surface area contributed by atoms with Crippen LogP contribution in [-0.4, -0.2) is 26.6 Å². The molecule has 0 saturated heterocycles. The second-order valence-corrected chi connectivity index (χ2v) is 9.56. The van der Waals surface area contributed by atoms with Crippen molar-refractivity contribution in [3.05, 3.63) is 49.6 Å². The summed E-state index contributed by atoms with van der Waals surface area (Å²) in [5.74, 6) is 0.522. The van der Waals surface area contributed by atoms with Crippen LogP contribution in [0.5, 0.6) is 0 Å². The lowest BCUT2D eigenvalue weighted by atomic mass is 9.97. The summed E-state index contributed by atoms with van der Waals surface area (Å²) in [4.78, 5) is 35.1. The first-order valence-corrected chi connectivity index (χ1v) is 11.6. The molecule has 0 atom stereocenters. The highest BCUT2D eigenvalue weighted by Crippen LogP contribution is 2.39. The number of hydrogen-bond acceptors (Lipinski definition) is 7. The molecular formula is C21H22N4O3S2. The average Bonchev–Trinajstić information content (AvgIpc) is 3.06. The third-order valence-corrected chi connectivity index (χ3v) is 7.48. The first-order chi connectivity index (χ1) is 14.3. The lowest BCUT2D eigenvalue weighted by Crippen LogP contribution is -2.15. The topological polar surface area (TPSA) is 98.0 Å². The van der Waals surface area contributed by atoms with Gasteiger partial charge in [-0.15, -0.1) is 11.3 Å². The Morgan fingerprint density at radius 2 is 1.93 bits per heavy atom. The van der Waals surface area contributed by atoms with Crippen LogP contribution in [0.3, 0.4) is 0 Å². The van der Waals surface area contributed by atoms with Crippen LogP contribution in [-0.2, 0) is 17.6 Å². The second-order valence-electron chi connectivity index (χ2n) is 7.51. The molecule has 0 saturated carbocycles. The smallest absolute Gasteiger partial charge is 0.293 e. The van der Waals surface area contributed by atoms with Crippen molar-refractivity contribution in [2.24, 2.45) is 0 Å². The van der Waals surface area contributed by atoms with E-state index < -0.39 is 4.92 Å². The summed E-state index contributed by atoms with van der Waals surface area (Å²) in [5.41, 5.74) is 3.17. The van der Waals surface area contributed by atoms with Crippen LogP contribution in [0.15, 0.2) is 17.2 Å². The van der Waals surface area contributed by atoms with Crippen molar-refractivity contribution in [2.75, 3.05) is 11.1 Å². The predicted molar refractivity (Wildman–Crippen MR) is 121 cm³/mol. The standard InChI is InChI=1S/C21H22N4O3S2/c1-11-8-15(16(25(27)28)9-12(11)2)24-18(26)10-29-20-19-14-6-4-5-7-17(14)30-21(19)23-13(3)22-20/h8-9H,4-7,10H2,1-3H3,(H,24,26). The molecule has 4 rings (SSSR count). The van der Waals surface area contributed by atoms with Gasteiger partial charge in [0, 0.05) is 16.3 Å². The maximum absolute atomic E-state index is 12.6. The number of nitro groups is 1. The van der Waals surface area contributed by atoms with Crippen LogP contribution in [0.1, 0.15) is 40.2 Å². The molecule has 1 N–H and O–H groups in total. The Hall–Kier alpha value is -2.52. The SMILES string of the molecule is Cc1nc(SCC(=O)Nc2cc(C)c(C)cc2[N+](=O)[O-])c2c3c(sc2n1)CCCC3. The molecule has 7 nitrogen and oxygen atoms in total. The molecule has 1 aromatic carbocycles. The minimum atomic E-state index is -0.468. The van der Waals surface area contributed by atoms with Crippen molar-refractivity contribution < 1.29 is 9.72 Å². The number of aromatic nitrogens is 2. The summed E-state index contributed by atoms with van der Waals surface area (Å²) in [7, 11) is 0. The third-order valence-electron chi connectivity index (χ3n) is 5.32. The fraction of sp³-hybridized carbons (Fsp3) is 0.381. The Bertz CT molecular complexity index is 1170. The van der Waals surface area contributed by atoms with E-state index in [-0.39, 0.29) is 23.0 Å². The van der Waals surface area contributed by atoms with E-state index >= 15 is 0 Å². The molecule has 1 aliphatic carbocycles.